The van der Waals surface area contributed by atoms with Crippen molar-refractivity contribution in [1.29, 1.82) is 0 Å². The van der Waals surface area contributed by atoms with E-state index in [0.717, 1.165) is 25.8 Å². The Hall–Kier alpha value is -2.44. The first-order valence-electron chi connectivity index (χ1n) is 8.21. The molecule has 2 amide bonds. The summed E-state index contributed by atoms with van der Waals surface area (Å²) in [7, 11) is 0. The van der Waals surface area contributed by atoms with Gasteiger partial charge in [-0.3, -0.25) is 0 Å². The minimum atomic E-state index is -0.395. The predicted molar refractivity (Wildman–Crippen MR) is 86.7 cm³/mol. The Kier molecular flexibility index (Phi) is 4.78. The average molecular weight is 332 g/mol. The Bertz CT molecular complexity index is 701. The molecule has 1 saturated heterocycles. The number of halogens is 1. The first-order valence-corrected chi connectivity index (χ1v) is 8.21. The summed E-state index contributed by atoms with van der Waals surface area (Å²) in [5.41, 5.74) is 0.662. The molecule has 3 rings (SSSR count). The van der Waals surface area contributed by atoms with E-state index in [1.54, 1.807) is 19.1 Å². The molecule has 24 heavy (non-hydrogen) atoms. The van der Waals surface area contributed by atoms with Crippen LogP contribution in [0.1, 0.15) is 45.0 Å². The number of carbonyl (C=O) groups excluding carboxylic acids is 1. The number of benzene rings is 1. The van der Waals surface area contributed by atoms with Gasteiger partial charge in [0.1, 0.15) is 11.9 Å². The highest BCUT2D eigenvalue weighted by atomic mass is 19.1. The van der Waals surface area contributed by atoms with E-state index in [4.69, 9.17) is 4.52 Å². The van der Waals surface area contributed by atoms with E-state index in [2.05, 4.69) is 22.4 Å². The molecule has 2 atom stereocenters. The van der Waals surface area contributed by atoms with Crippen molar-refractivity contribution in [2.24, 2.45) is 0 Å². The maximum atomic E-state index is 13.0. The third-order valence-corrected chi connectivity index (χ3v) is 4.32. The van der Waals surface area contributed by atoms with E-state index >= 15 is 0 Å². The number of aromatic nitrogens is 2. The van der Waals surface area contributed by atoms with Crippen molar-refractivity contribution in [3.63, 3.8) is 0 Å². The van der Waals surface area contributed by atoms with E-state index in [1.165, 1.54) is 12.1 Å². The zero-order valence-electron chi connectivity index (χ0n) is 13.8. The summed E-state index contributed by atoms with van der Waals surface area (Å²) in [6, 6.07) is 5.58. The SMILES string of the molecule is C[C@@H](NC(=O)N1CCCC[C@@H]1C)c1nc(-c2ccc(F)cc2)no1. The van der Waals surface area contributed by atoms with Crippen LogP contribution in [0.2, 0.25) is 0 Å². The second kappa shape index (κ2) is 6.98. The van der Waals surface area contributed by atoms with Crippen molar-refractivity contribution in [2.45, 2.75) is 45.2 Å². The summed E-state index contributed by atoms with van der Waals surface area (Å²) < 4.78 is 18.2. The van der Waals surface area contributed by atoms with Gasteiger partial charge in [-0.25, -0.2) is 9.18 Å². The lowest BCUT2D eigenvalue weighted by Crippen LogP contribution is -2.48. The predicted octanol–water partition coefficient (Wildman–Crippen LogP) is 3.52. The van der Waals surface area contributed by atoms with Gasteiger partial charge in [0, 0.05) is 18.2 Å². The fourth-order valence-corrected chi connectivity index (χ4v) is 2.86. The van der Waals surface area contributed by atoms with E-state index in [0.29, 0.717) is 17.3 Å². The molecule has 1 fully saturated rings. The summed E-state index contributed by atoms with van der Waals surface area (Å²) in [5, 5.41) is 6.80. The maximum absolute atomic E-state index is 13.0. The standard InChI is InChI=1S/C17H21FN4O2/c1-11-5-3-4-10-22(11)17(23)19-12(2)16-20-15(21-24-16)13-6-8-14(18)9-7-13/h6-9,11-12H,3-5,10H2,1-2H3,(H,19,23)/t11-,12+/m0/s1. The van der Waals surface area contributed by atoms with Crippen LogP contribution in [0.4, 0.5) is 9.18 Å². The Labute approximate surface area is 140 Å². The van der Waals surface area contributed by atoms with Crippen LogP contribution in [0.15, 0.2) is 28.8 Å². The molecule has 0 bridgehead atoms. The molecule has 0 spiro atoms. The molecule has 2 aromatic rings. The highest BCUT2D eigenvalue weighted by molar-refractivity contribution is 5.75. The molecule has 0 unspecified atom stereocenters. The van der Waals surface area contributed by atoms with Gasteiger partial charge in [0.2, 0.25) is 11.7 Å². The van der Waals surface area contributed by atoms with Crippen LogP contribution in [0.25, 0.3) is 11.4 Å². The molecule has 1 aromatic carbocycles. The van der Waals surface area contributed by atoms with Gasteiger partial charge in [0.25, 0.3) is 0 Å². The normalized spacial score (nSPS) is 19.1. The molecule has 7 heteroatoms. The van der Waals surface area contributed by atoms with Crippen LogP contribution in [0.3, 0.4) is 0 Å². The Morgan fingerprint density at radius 2 is 2.12 bits per heavy atom. The van der Waals surface area contributed by atoms with Crippen LogP contribution < -0.4 is 5.32 Å². The minimum absolute atomic E-state index is 0.115. The summed E-state index contributed by atoms with van der Waals surface area (Å²) in [5.74, 6) is 0.378. The number of rotatable bonds is 3. The molecule has 6 nitrogen and oxygen atoms in total. The fourth-order valence-electron chi connectivity index (χ4n) is 2.86. The molecule has 0 aliphatic carbocycles. The topological polar surface area (TPSA) is 71.3 Å². The van der Waals surface area contributed by atoms with Crippen LogP contribution in [0.5, 0.6) is 0 Å². The summed E-state index contributed by atoms with van der Waals surface area (Å²) >= 11 is 0. The third-order valence-electron chi connectivity index (χ3n) is 4.32. The lowest BCUT2D eigenvalue weighted by molar-refractivity contribution is 0.153. The van der Waals surface area contributed by atoms with E-state index < -0.39 is 6.04 Å². The van der Waals surface area contributed by atoms with Gasteiger partial charge in [-0.15, -0.1) is 0 Å². The van der Waals surface area contributed by atoms with Crippen molar-refractivity contribution in [2.75, 3.05) is 6.54 Å². The van der Waals surface area contributed by atoms with Crippen molar-refractivity contribution in [3.05, 3.63) is 36.0 Å². The number of piperidine rings is 1. The van der Waals surface area contributed by atoms with Crippen LogP contribution in [0, 0.1) is 5.82 Å². The number of likely N-dealkylation sites (tertiary alicyclic amines) is 1. The number of amides is 2. The van der Waals surface area contributed by atoms with Crippen molar-refractivity contribution in [1.82, 2.24) is 20.4 Å². The van der Waals surface area contributed by atoms with Gasteiger partial charge in [-0.05, 0) is 57.4 Å². The number of urea groups is 1. The molecular weight excluding hydrogens is 311 g/mol. The smallest absolute Gasteiger partial charge is 0.318 e. The van der Waals surface area contributed by atoms with Gasteiger partial charge in [-0.1, -0.05) is 5.16 Å². The van der Waals surface area contributed by atoms with Gasteiger partial charge in [-0.2, -0.15) is 4.98 Å². The number of nitrogens with one attached hydrogen (secondary N) is 1. The van der Waals surface area contributed by atoms with Crippen LogP contribution >= 0.6 is 0 Å². The Morgan fingerprint density at radius 3 is 2.83 bits per heavy atom. The molecule has 1 aliphatic rings. The largest absolute Gasteiger partial charge is 0.337 e. The highest BCUT2D eigenvalue weighted by Crippen LogP contribution is 2.20. The van der Waals surface area contributed by atoms with Gasteiger partial charge in [0.05, 0.1) is 0 Å². The average Bonchev–Trinajstić information content (AvgIpc) is 3.06. The number of hydrogen-bond acceptors (Lipinski definition) is 4. The Balaban J connectivity index is 1.66. The van der Waals surface area contributed by atoms with Gasteiger partial charge < -0.3 is 14.7 Å². The van der Waals surface area contributed by atoms with Gasteiger partial charge in [0.15, 0.2) is 0 Å². The van der Waals surface area contributed by atoms with Crippen LogP contribution in [-0.4, -0.2) is 33.7 Å². The van der Waals surface area contributed by atoms with E-state index in [-0.39, 0.29) is 17.9 Å². The highest BCUT2D eigenvalue weighted by Gasteiger charge is 2.25. The number of nitrogens with zero attached hydrogens (tertiary/aromatic N) is 3. The first-order chi connectivity index (χ1) is 11.5. The van der Waals surface area contributed by atoms with E-state index in [9.17, 15) is 9.18 Å². The summed E-state index contributed by atoms with van der Waals surface area (Å²) in [6.45, 7) is 4.63. The molecular formula is C17H21FN4O2. The summed E-state index contributed by atoms with van der Waals surface area (Å²) in [4.78, 5) is 18.5. The number of carbonyl (C=O) groups is 1. The van der Waals surface area contributed by atoms with E-state index in [1.807, 2.05) is 4.90 Å². The molecule has 1 N–H and O–H groups in total. The molecule has 2 heterocycles. The fraction of sp³-hybridized carbons (Fsp3) is 0.471. The third kappa shape index (κ3) is 3.55. The molecule has 0 radical (unpaired) electrons. The first kappa shape index (κ1) is 16.4. The Morgan fingerprint density at radius 1 is 1.38 bits per heavy atom. The quantitative estimate of drug-likeness (QED) is 0.933. The van der Waals surface area contributed by atoms with Crippen LogP contribution in [-0.2, 0) is 0 Å². The maximum Gasteiger partial charge on any atom is 0.318 e. The lowest BCUT2D eigenvalue weighted by Gasteiger charge is -2.33. The zero-order valence-corrected chi connectivity index (χ0v) is 13.8. The number of hydrogen-bond donors (Lipinski definition) is 1. The monoisotopic (exact) mass is 332 g/mol. The minimum Gasteiger partial charge on any atom is -0.337 e. The second-order valence-corrected chi connectivity index (χ2v) is 6.17. The lowest BCUT2D eigenvalue weighted by atomic mass is 10.0. The second-order valence-electron chi connectivity index (χ2n) is 6.17. The molecule has 0 saturated carbocycles. The van der Waals surface area contributed by atoms with Gasteiger partial charge >= 0.3 is 6.03 Å². The molecule has 1 aromatic heterocycles. The molecule has 1 aliphatic heterocycles. The summed E-state index contributed by atoms with van der Waals surface area (Å²) in [6.07, 6.45) is 3.21. The zero-order chi connectivity index (χ0) is 17.1. The van der Waals surface area contributed by atoms with Crippen molar-refractivity contribution < 1.29 is 13.7 Å². The molecule has 128 valence electrons. The van der Waals surface area contributed by atoms with Crippen molar-refractivity contribution in [3.8, 4) is 11.4 Å². The van der Waals surface area contributed by atoms with Crippen molar-refractivity contribution >= 4 is 6.03 Å².